The molecule has 0 heterocycles. The van der Waals surface area contributed by atoms with Gasteiger partial charge in [0.1, 0.15) is 11.5 Å². The van der Waals surface area contributed by atoms with E-state index in [1.165, 1.54) is 5.56 Å². The fraction of sp³-hybridized carbons (Fsp3) is 0.625. The van der Waals surface area contributed by atoms with Crippen molar-refractivity contribution >= 4 is 0 Å². The van der Waals surface area contributed by atoms with E-state index in [9.17, 15) is 0 Å². The van der Waals surface area contributed by atoms with E-state index in [1.54, 1.807) is 0 Å². The van der Waals surface area contributed by atoms with E-state index in [2.05, 4.69) is 20.8 Å². The van der Waals surface area contributed by atoms with Crippen LogP contribution in [-0.2, 0) is 6.42 Å². The summed E-state index contributed by atoms with van der Waals surface area (Å²) in [6.45, 7) is 8.08. The monoisotopic (exact) mass is 250 g/mol. The molecule has 102 valence electrons. The van der Waals surface area contributed by atoms with Gasteiger partial charge in [0.05, 0.1) is 13.2 Å². The summed E-state index contributed by atoms with van der Waals surface area (Å²) in [7, 11) is 0. The zero-order valence-corrected chi connectivity index (χ0v) is 12.0. The molecule has 0 amide bonds. The van der Waals surface area contributed by atoms with Gasteiger partial charge in [-0.05, 0) is 31.4 Å². The molecular weight excluding hydrogens is 224 g/mol. The first-order valence-corrected chi connectivity index (χ1v) is 7.20. The predicted octanol–water partition coefficient (Wildman–Crippen LogP) is 4.61. The van der Waals surface area contributed by atoms with Crippen LogP contribution in [0.3, 0.4) is 0 Å². The molecule has 18 heavy (non-hydrogen) atoms. The summed E-state index contributed by atoms with van der Waals surface area (Å²) in [6.07, 6.45) is 5.47. The van der Waals surface area contributed by atoms with E-state index in [1.807, 2.05) is 18.2 Å². The minimum atomic E-state index is 0.794. The second kappa shape index (κ2) is 8.84. The van der Waals surface area contributed by atoms with Crippen LogP contribution in [0.4, 0.5) is 0 Å². The first-order valence-electron chi connectivity index (χ1n) is 7.20. The third-order valence-corrected chi connectivity index (χ3v) is 2.95. The Balaban J connectivity index is 2.68. The summed E-state index contributed by atoms with van der Waals surface area (Å²) in [6, 6.07) is 6.10. The van der Waals surface area contributed by atoms with Crippen LogP contribution in [-0.4, -0.2) is 13.2 Å². The quantitative estimate of drug-likeness (QED) is 0.596. The molecule has 0 N–H and O–H groups in total. The van der Waals surface area contributed by atoms with E-state index >= 15 is 0 Å². The van der Waals surface area contributed by atoms with Crippen LogP contribution in [0.15, 0.2) is 18.2 Å². The van der Waals surface area contributed by atoms with Gasteiger partial charge < -0.3 is 9.47 Å². The number of rotatable bonds is 9. The first kappa shape index (κ1) is 14.9. The van der Waals surface area contributed by atoms with E-state index in [-0.39, 0.29) is 0 Å². The summed E-state index contributed by atoms with van der Waals surface area (Å²) in [4.78, 5) is 0. The number of hydrogen-bond donors (Lipinski definition) is 0. The van der Waals surface area contributed by atoms with Gasteiger partial charge in [0.25, 0.3) is 0 Å². The van der Waals surface area contributed by atoms with Crippen LogP contribution in [0.2, 0.25) is 0 Å². The van der Waals surface area contributed by atoms with E-state index in [0.29, 0.717) is 0 Å². The van der Waals surface area contributed by atoms with Gasteiger partial charge >= 0.3 is 0 Å². The Morgan fingerprint density at radius 2 is 1.33 bits per heavy atom. The second-order valence-corrected chi connectivity index (χ2v) is 4.49. The molecule has 0 aromatic heterocycles. The summed E-state index contributed by atoms with van der Waals surface area (Å²) >= 11 is 0. The Morgan fingerprint density at radius 3 is 1.72 bits per heavy atom. The molecule has 0 atom stereocenters. The van der Waals surface area contributed by atoms with Crippen LogP contribution in [0.25, 0.3) is 0 Å². The third-order valence-electron chi connectivity index (χ3n) is 2.95. The number of ether oxygens (including phenoxy) is 2. The highest BCUT2D eigenvalue weighted by molar-refractivity contribution is 5.44. The predicted molar refractivity (Wildman–Crippen MR) is 76.6 cm³/mol. The first-order chi connectivity index (χ1) is 8.83. The highest BCUT2D eigenvalue weighted by Gasteiger charge is 2.08. The van der Waals surface area contributed by atoms with Crippen molar-refractivity contribution in [3.8, 4) is 11.5 Å². The number of unbranched alkanes of at least 4 members (excludes halogenated alkanes) is 2. The molecule has 1 aromatic carbocycles. The lowest BCUT2D eigenvalue weighted by molar-refractivity contribution is 0.289. The Morgan fingerprint density at radius 1 is 0.833 bits per heavy atom. The summed E-state index contributed by atoms with van der Waals surface area (Å²) in [5.74, 6) is 1.97. The number of benzene rings is 1. The molecule has 0 unspecified atom stereocenters. The molecule has 1 aromatic rings. The fourth-order valence-corrected chi connectivity index (χ4v) is 1.82. The molecule has 2 nitrogen and oxygen atoms in total. The van der Waals surface area contributed by atoms with Crippen molar-refractivity contribution < 1.29 is 9.47 Å². The lowest BCUT2D eigenvalue weighted by Gasteiger charge is -2.15. The molecule has 0 aliphatic rings. The van der Waals surface area contributed by atoms with Crippen molar-refractivity contribution in [2.45, 2.75) is 52.9 Å². The number of hydrogen-bond acceptors (Lipinski definition) is 2. The molecule has 0 aliphatic heterocycles. The molecule has 0 aliphatic carbocycles. The smallest absolute Gasteiger partial charge is 0.126 e. The van der Waals surface area contributed by atoms with Crippen LogP contribution >= 0.6 is 0 Å². The zero-order chi connectivity index (χ0) is 13.2. The van der Waals surface area contributed by atoms with Crippen molar-refractivity contribution in [3.05, 3.63) is 23.8 Å². The molecule has 0 radical (unpaired) electrons. The molecular formula is C16H26O2. The van der Waals surface area contributed by atoms with Gasteiger partial charge in [0, 0.05) is 5.56 Å². The summed E-state index contributed by atoms with van der Waals surface area (Å²) in [5, 5.41) is 0. The van der Waals surface area contributed by atoms with E-state index in [0.717, 1.165) is 56.8 Å². The van der Waals surface area contributed by atoms with Crippen LogP contribution < -0.4 is 9.47 Å². The molecule has 0 saturated heterocycles. The molecule has 0 saturated carbocycles. The summed E-state index contributed by atoms with van der Waals surface area (Å²) < 4.78 is 11.7. The minimum Gasteiger partial charge on any atom is -0.493 e. The zero-order valence-electron chi connectivity index (χ0n) is 12.0. The highest BCUT2D eigenvalue weighted by atomic mass is 16.5. The Hall–Kier alpha value is -1.18. The molecule has 0 bridgehead atoms. The van der Waals surface area contributed by atoms with Crippen LogP contribution in [0.5, 0.6) is 11.5 Å². The SMILES string of the molecule is CCCCOc1cccc(OCCCC)c1CC. The normalized spacial score (nSPS) is 10.4. The third kappa shape index (κ3) is 4.59. The lowest BCUT2D eigenvalue weighted by Crippen LogP contribution is -2.03. The topological polar surface area (TPSA) is 18.5 Å². The van der Waals surface area contributed by atoms with Gasteiger partial charge in [-0.25, -0.2) is 0 Å². The van der Waals surface area contributed by atoms with Crippen LogP contribution in [0, 0.1) is 0 Å². The minimum absolute atomic E-state index is 0.794. The molecule has 0 spiro atoms. The standard InChI is InChI=1S/C16H26O2/c1-4-7-12-17-15-10-9-11-16(14(15)6-3)18-13-8-5-2/h9-11H,4-8,12-13H2,1-3H3. The van der Waals surface area contributed by atoms with Gasteiger partial charge in [-0.3, -0.25) is 0 Å². The Labute approximate surface area is 111 Å². The van der Waals surface area contributed by atoms with Crippen molar-refractivity contribution in [3.63, 3.8) is 0 Å². The van der Waals surface area contributed by atoms with Gasteiger partial charge in [-0.1, -0.05) is 39.7 Å². The largest absolute Gasteiger partial charge is 0.493 e. The Bertz CT molecular complexity index is 306. The second-order valence-electron chi connectivity index (χ2n) is 4.49. The Kier molecular flexibility index (Phi) is 7.31. The van der Waals surface area contributed by atoms with E-state index in [4.69, 9.17) is 9.47 Å². The lowest BCUT2D eigenvalue weighted by atomic mass is 10.1. The average Bonchev–Trinajstić information content (AvgIpc) is 2.39. The van der Waals surface area contributed by atoms with Gasteiger partial charge in [-0.2, -0.15) is 0 Å². The van der Waals surface area contributed by atoms with Crippen molar-refractivity contribution in [2.75, 3.05) is 13.2 Å². The van der Waals surface area contributed by atoms with Gasteiger partial charge in [0.2, 0.25) is 0 Å². The summed E-state index contributed by atoms with van der Waals surface area (Å²) in [5.41, 5.74) is 1.20. The van der Waals surface area contributed by atoms with Crippen molar-refractivity contribution in [1.29, 1.82) is 0 Å². The van der Waals surface area contributed by atoms with Gasteiger partial charge in [0.15, 0.2) is 0 Å². The van der Waals surface area contributed by atoms with E-state index < -0.39 is 0 Å². The average molecular weight is 250 g/mol. The maximum atomic E-state index is 5.84. The fourth-order valence-electron chi connectivity index (χ4n) is 1.82. The molecule has 0 fully saturated rings. The van der Waals surface area contributed by atoms with Crippen LogP contribution in [0.1, 0.15) is 52.0 Å². The molecule has 2 heteroatoms. The van der Waals surface area contributed by atoms with Crippen molar-refractivity contribution in [2.24, 2.45) is 0 Å². The molecule has 1 rings (SSSR count). The van der Waals surface area contributed by atoms with Crippen molar-refractivity contribution in [1.82, 2.24) is 0 Å². The maximum absolute atomic E-state index is 5.84. The maximum Gasteiger partial charge on any atom is 0.126 e. The van der Waals surface area contributed by atoms with Gasteiger partial charge in [-0.15, -0.1) is 0 Å². The highest BCUT2D eigenvalue weighted by Crippen LogP contribution is 2.29.